The molecule has 3 heteroatoms. The van der Waals surface area contributed by atoms with E-state index in [0.717, 1.165) is 17.1 Å². The topological polar surface area (TPSA) is 3.24 Å². The van der Waals surface area contributed by atoms with E-state index in [1.807, 2.05) is 4.90 Å². The maximum absolute atomic E-state index is 5.63. The minimum atomic E-state index is 0.759. The van der Waals surface area contributed by atoms with Crippen molar-refractivity contribution in [1.82, 2.24) is 4.90 Å². The van der Waals surface area contributed by atoms with Crippen molar-refractivity contribution in [2.24, 2.45) is 0 Å². The Morgan fingerprint density at radius 3 is 1.88 bits per heavy atom. The second-order valence-corrected chi connectivity index (χ2v) is 3.10. The van der Waals surface area contributed by atoms with Gasteiger partial charge < -0.3 is 0 Å². The van der Waals surface area contributed by atoms with Crippen molar-refractivity contribution in [1.29, 1.82) is 0 Å². The quantitative estimate of drug-likeness (QED) is 0.480. The molecule has 0 rings (SSSR count). The van der Waals surface area contributed by atoms with Crippen LogP contribution in [-0.4, -0.2) is 37.6 Å². The Balaban J connectivity index is 3.52. The van der Waals surface area contributed by atoms with E-state index in [9.17, 15) is 0 Å². The summed E-state index contributed by atoms with van der Waals surface area (Å²) in [6, 6.07) is 0. The Labute approximate surface area is 63.4 Å². The summed E-state index contributed by atoms with van der Waals surface area (Å²) < 4.78 is 0.759. The average Bonchev–Trinajstić information content (AvgIpc) is 1.69. The predicted molar refractivity (Wildman–Crippen MR) is 39.5 cm³/mol. The molecule has 0 aliphatic heterocycles. The van der Waals surface area contributed by atoms with Crippen LogP contribution in [0.3, 0.4) is 0 Å². The van der Waals surface area contributed by atoms with Crippen LogP contribution in [0.1, 0.15) is 13.8 Å². The van der Waals surface area contributed by atoms with Gasteiger partial charge in [0.25, 0.3) is 0 Å². The fourth-order valence-corrected chi connectivity index (χ4v) is 1.25. The molecule has 0 aromatic heterocycles. The van der Waals surface area contributed by atoms with Crippen LogP contribution >= 0.6 is 11.6 Å². The molecular weight excluding hydrogens is 188 g/mol. The summed E-state index contributed by atoms with van der Waals surface area (Å²) in [5.41, 5.74) is 0. The Bertz CT molecular complexity index is 80.5. The summed E-state index contributed by atoms with van der Waals surface area (Å²) in [7, 11) is 0. The molecule has 0 saturated heterocycles. The van der Waals surface area contributed by atoms with E-state index in [4.69, 9.17) is 11.6 Å². The summed E-state index contributed by atoms with van der Waals surface area (Å²) in [5, 5.41) is 0. The Hall–Kier alpha value is 0.479. The van der Waals surface area contributed by atoms with Crippen LogP contribution in [0, 0.1) is 0 Å². The molecule has 1 nitrogen and oxygen atoms in total. The van der Waals surface area contributed by atoms with Crippen LogP contribution in [0.25, 0.3) is 0 Å². The van der Waals surface area contributed by atoms with E-state index in [1.165, 1.54) is 0 Å². The molecule has 0 saturated carbocycles. The summed E-state index contributed by atoms with van der Waals surface area (Å²) in [6.45, 7) is 6.09. The molecular formula is C5H10ClNSe. The predicted octanol–water partition coefficient (Wildman–Crippen LogP) is 0.823. The van der Waals surface area contributed by atoms with Gasteiger partial charge in [0.05, 0.1) is 0 Å². The molecule has 0 aliphatic rings. The summed E-state index contributed by atoms with van der Waals surface area (Å²) in [6.07, 6.45) is 0. The second-order valence-electron chi connectivity index (χ2n) is 1.43. The molecule has 8 heavy (non-hydrogen) atoms. The van der Waals surface area contributed by atoms with Gasteiger partial charge in [-0.25, -0.2) is 0 Å². The Kier molecular flexibility index (Phi) is 4.63. The molecule has 0 amide bonds. The standard InChI is InChI=1S/C5H10ClNSe/c1-3-7(4-2)5(6)8/h3-4H2,1-2H3. The SMILES string of the molecule is CCN(CC)C(Cl)=[Se]. The third-order valence-electron chi connectivity index (χ3n) is 1.01. The van der Waals surface area contributed by atoms with Gasteiger partial charge >= 0.3 is 63.0 Å². The van der Waals surface area contributed by atoms with E-state index in [-0.39, 0.29) is 0 Å². The fourth-order valence-electron chi connectivity index (χ4n) is 0.472. The zero-order chi connectivity index (χ0) is 6.57. The summed E-state index contributed by atoms with van der Waals surface area (Å²) in [5.74, 6) is 0. The molecule has 0 unspecified atom stereocenters. The maximum atomic E-state index is 5.63. The summed E-state index contributed by atoms with van der Waals surface area (Å²) in [4.78, 5) is 2.04. The minimum absolute atomic E-state index is 0.759. The third-order valence-corrected chi connectivity index (χ3v) is 1.79. The van der Waals surface area contributed by atoms with Crippen LogP contribution < -0.4 is 0 Å². The van der Waals surface area contributed by atoms with Gasteiger partial charge in [-0.3, -0.25) is 0 Å². The molecule has 0 aromatic rings. The van der Waals surface area contributed by atoms with Crippen molar-refractivity contribution >= 4 is 31.2 Å². The number of rotatable bonds is 3. The normalized spacial score (nSPS) is 8.88. The van der Waals surface area contributed by atoms with Crippen molar-refractivity contribution < 1.29 is 0 Å². The van der Waals surface area contributed by atoms with Gasteiger partial charge in [0.2, 0.25) is 0 Å². The number of nitrogens with zero attached hydrogens (tertiary/aromatic N) is 1. The van der Waals surface area contributed by atoms with E-state index in [0.29, 0.717) is 0 Å². The molecule has 0 fully saturated rings. The van der Waals surface area contributed by atoms with Gasteiger partial charge in [-0.05, 0) is 0 Å². The van der Waals surface area contributed by atoms with Crippen LogP contribution in [0.4, 0.5) is 0 Å². The van der Waals surface area contributed by atoms with Gasteiger partial charge in [0.1, 0.15) is 0 Å². The van der Waals surface area contributed by atoms with Crippen molar-refractivity contribution in [3.63, 3.8) is 0 Å². The molecule has 0 aromatic carbocycles. The average molecular weight is 199 g/mol. The molecule has 0 N–H and O–H groups in total. The number of halogens is 1. The molecule has 48 valence electrons. The molecule has 0 bridgehead atoms. The first-order valence-electron chi connectivity index (χ1n) is 2.66. The first-order chi connectivity index (χ1) is 3.72. The monoisotopic (exact) mass is 199 g/mol. The Morgan fingerprint density at radius 1 is 1.50 bits per heavy atom. The molecule has 0 radical (unpaired) electrons. The van der Waals surface area contributed by atoms with Crippen LogP contribution in [0.2, 0.25) is 0 Å². The van der Waals surface area contributed by atoms with Gasteiger partial charge in [-0.1, -0.05) is 0 Å². The van der Waals surface area contributed by atoms with Gasteiger partial charge in [-0.2, -0.15) is 0 Å². The van der Waals surface area contributed by atoms with E-state index < -0.39 is 0 Å². The van der Waals surface area contributed by atoms with Gasteiger partial charge in [0.15, 0.2) is 0 Å². The third kappa shape index (κ3) is 2.71. The second kappa shape index (κ2) is 4.37. The molecule has 0 aliphatic carbocycles. The number of hydrogen-bond donors (Lipinski definition) is 0. The van der Waals surface area contributed by atoms with Crippen molar-refractivity contribution in [2.75, 3.05) is 13.1 Å². The van der Waals surface area contributed by atoms with Gasteiger partial charge in [0, 0.05) is 0 Å². The van der Waals surface area contributed by atoms with E-state index in [1.54, 1.807) is 0 Å². The van der Waals surface area contributed by atoms with Crippen molar-refractivity contribution in [3.05, 3.63) is 0 Å². The zero-order valence-corrected chi connectivity index (χ0v) is 7.62. The van der Waals surface area contributed by atoms with E-state index in [2.05, 4.69) is 29.4 Å². The Morgan fingerprint density at radius 2 is 1.88 bits per heavy atom. The number of hydrogen-bond acceptors (Lipinski definition) is 1. The van der Waals surface area contributed by atoms with E-state index >= 15 is 0 Å². The first-order valence-corrected chi connectivity index (χ1v) is 3.90. The molecule has 0 spiro atoms. The fraction of sp³-hybridized carbons (Fsp3) is 0.800. The first kappa shape index (κ1) is 8.48. The van der Waals surface area contributed by atoms with Gasteiger partial charge in [-0.15, -0.1) is 0 Å². The molecule has 0 atom stereocenters. The summed E-state index contributed by atoms with van der Waals surface area (Å²) >= 11 is 8.38. The van der Waals surface area contributed by atoms with Crippen LogP contribution in [-0.2, 0) is 0 Å². The van der Waals surface area contributed by atoms with Crippen molar-refractivity contribution in [3.8, 4) is 0 Å². The molecule has 0 heterocycles. The van der Waals surface area contributed by atoms with Crippen molar-refractivity contribution in [2.45, 2.75) is 13.8 Å². The van der Waals surface area contributed by atoms with Crippen LogP contribution in [0.5, 0.6) is 0 Å². The van der Waals surface area contributed by atoms with Crippen LogP contribution in [0.15, 0.2) is 0 Å². The zero-order valence-electron chi connectivity index (χ0n) is 5.15.